The molecule has 3 aromatic carbocycles. The van der Waals surface area contributed by atoms with Crippen molar-refractivity contribution in [1.82, 2.24) is 5.32 Å². The minimum Gasteiger partial charge on any atom is -0.490 e. The van der Waals surface area contributed by atoms with Crippen LogP contribution in [0.5, 0.6) is 11.5 Å². The lowest BCUT2D eigenvalue weighted by atomic mass is 9.91. The predicted molar refractivity (Wildman–Crippen MR) is 142 cm³/mol. The molecule has 4 rings (SSSR count). The second-order valence-electron chi connectivity index (χ2n) is 8.25. The van der Waals surface area contributed by atoms with Gasteiger partial charge in [-0.15, -0.1) is 0 Å². The standard InChI is InChI=1S/C31H26N2O5/c1-2-36-28-19-22(18-25(20-32)30(34)33-21-26-14-9-17-37-26)15-16-27(28)38-31(35)29(23-10-5-3-6-11-23)24-12-7-4-8-13-24/h3-19,29H,2,21H2,1H3,(H,33,34)/b25-18+. The maximum atomic E-state index is 13.4. The zero-order chi connectivity index (χ0) is 26.7. The molecular weight excluding hydrogens is 480 g/mol. The first-order valence-corrected chi connectivity index (χ1v) is 12.1. The molecule has 190 valence electrons. The van der Waals surface area contributed by atoms with Crippen molar-refractivity contribution >= 4 is 18.0 Å². The largest absolute Gasteiger partial charge is 0.490 e. The molecule has 0 aliphatic heterocycles. The van der Waals surface area contributed by atoms with Gasteiger partial charge in [0.05, 0.1) is 19.4 Å². The highest BCUT2D eigenvalue weighted by molar-refractivity contribution is 6.01. The summed E-state index contributed by atoms with van der Waals surface area (Å²) >= 11 is 0. The average molecular weight is 507 g/mol. The SMILES string of the molecule is CCOc1cc(/C=C(\C#N)C(=O)NCc2ccco2)ccc1OC(=O)C(c1ccccc1)c1ccccc1. The van der Waals surface area contributed by atoms with E-state index >= 15 is 0 Å². The van der Waals surface area contributed by atoms with Crippen molar-refractivity contribution in [3.8, 4) is 17.6 Å². The first-order chi connectivity index (χ1) is 18.6. The molecule has 38 heavy (non-hydrogen) atoms. The Hall–Kier alpha value is -5.09. The number of rotatable bonds is 10. The lowest BCUT2D eigenvalue weighted by Crippen LogP contribution is -2.23. The molecule has 0 bridgehead atoms. The van der Waals surface area contributed by atoms with E-state index in [0.29, 0.717) is 23.7 Å². The Morgan fingerprint density at radius 1 is 0.947 bits per heavy atom. The number of hydrogen-bond donors (Lipinski definition) is 1. The number of nitrogens with one attached hydrogen (secondary N) is 1. The van der Waals surface area contributed by atoms with Crippen LogP contribution in [0.3, 0.4) is 0 Å². The van der Waals surface area contributed by atoms with Crippen molar-refractivity contribution in [2.75, 3.05) is 6.61 Å². The van der Waals surface area contributed by atoms with E-state index in [1.54, 1.807) is 30.3 Å². The second-order valence-corrected chi connectivity index (χ2v) is 8.25. The number of nitrogens with zero attached hydrogens (tertiary/aromatic N) is 1. The molecule has 0 atom stereocenters. The number of ether oxygens (including phenoxy) is 2. The number of nitriles is 1. The van der Waals surface area contributed by atoms with Gasteiger partial charge in [0.15, 0.2) is 11.5 Å². The van der Waals surface area contributed by atoms with E-state index in [0.717, 1.165) is 11.1 Å². The molecule has 0 spiro atoms. The molecule has 4 aromatic rings. The molecule has 0 aliphatic carbocycles. The normalized spacial score (nSPS) is 11.0. The Kier molecular flexibility index (Phi) is 8.72. The minimum atomic E-state index is -0.630. The number of esters is 1. The fourth-order valence-corrected chi connectivity index (χ4v) is 3.88. The van der Waals surface area contributed by atoms with E-state index in [9.17, 15) is 14.9 Å². The molecule has 0 radical (unpaired) electrons. The summed E-state index contributed by atoms with van der Waals surface area (Å²) in [4.78, 5) is 25.9. The van der Waals surface area contributed by atoms with Crippen LogP contribution in [0.25, 0.3) is 6.08 Å². The number of carbonyl (C=O) groups is 2. The highest BCUT2D eigenvalue weighted by Gasteiger charge is 2.26. The molecule has 0 aliphatic rings. The van der Waals surface area contributed by atoms with Crippen molar-refractivity contribution in [2.45, 2.75) is 19.4 Å². The van der Waals surface area contributed by atoms with Crippen LogP contribution in [0.2, 0.25) is 0 Å². The lowest BCUT2D eigenvalue weighted by Gasteiger charge is -2.18. The van der Waals surface area contributed by atoms with Gasteiger partial charge in [-0.2, -0.15) is 5.26 Å². The van der Waals surface area contributed by atoms with Crippen molar-refractivity contribution < 1.29 is 23.5 Å². The summed E-state index contributed by atoms with van der Waals surface area (Å²) in [6.45, 7) is 2.30. The number of benzene rings is 3. The van der Waals surface area contributed by atoms with Gasteiger partial charge in [-0.25, -0.2) is 0 Å². The van der Waals surface area contributed by atoms with Crippen LogP contribution < -0.4 is 14.8 Å². The topological polar surface area (TPSA) is 102 Å². The van der Waals surface area contributed by atoms with E-state index in [1.165, 1.54) is 12.3 Å². The van der Waals surface area contributed by atoms with Crippen LogP contribution in [-0.2, 0) is 16.1 Å². The third-order valence-electron chi connectivity index (χ3n) is 5.66. The quantitative estimate of drug-likeness (QED) is 0.129. The Morgan fingerprint density at radius 2 is 1.63 bits per heavy atom. The Bertz CT molecular complexity index is 1400. The summed E-state index contributed by atoms with van der Waals surface area (Å²) in [5.41, 5.74) is 2.07. The third kappa shape index (κ3) is 6.56. The van der Waals surface area contributed by atoms with Crippen LogP contribution >= 0.6 is 0 Å². The Balaban J connectivity index is 1.57. The van der Waals surface area contributed by atoms with Gasteiger partial charge in [0, 0.05) is 0 Å². The molecule has 0 fully saturated rings. The van der Waals surface area contributed by atoms with Crippen molar-refractivity contribution in [2.24, 2.45) is 0 Å². The second kappa shape index (κ2) is 12.7. The summed E-state index contributed by atoms with van der Waals surface area (Å²) < 4.78 is 16.8. The molecule has 0 unspecified atom stereocenters. The zero-order valence-corrected chi connectivity index (χ0v) is 20.8. The Morgan fingerprint density at radius 3 is 2.21 bits per heavy atom. The van der Waals surface area contributed by atoms with Gasteiger partial charge in [-0.1, -0.05) is 66.7 Å². The van der Waals surface area contributed by atoms with Gasteiger partial charge in [0.1, 0.15) is 23.3 Å². The van der Waals surface area contributed by atoms with Gasteiger partial charge < -0.3 is 19.2 Å². The molecule has 1 N–H and O–H groups in total. The average Bonchev–Trinajstić information content (AvgIpc) is 3.47. The van der Waals surface area contributed by atoms with E-state index < -0.39 is 17.8 Å². The maximum absolute atomic E-state index is 13.4. The minimum absolute atomic E-state index is 0.0861. The highest BCUT2D eigenvalue weighted by Crippen LogP contribution is 2.33. The third-order valence-corrected chi connectivity index (χ3v) is 5.66. The number of carbonyl (C=O) groups excluding carboxylic acids is 2. The fourth-order valence-electron chi connectivity index (χ4n) is 3.88. The highest BCUT2D eigenvalue weighted by atomic mass is 16.6. The van der Waals surface area contributed by atoms with Crippen molar-refractivity contribution in [1.29, 1.82) is 5.26 Å². The monoisotopic (exact) mass is 506 g/mol. The lowest BCUT2D eigenvalue weighted by molar-refractivity contribution is -0.135. The van der Waals surface area contributed by atoms with E-state index in [4.69, 9.17) is 13.9 Å². The van der Waals surface area contributed by atoms with Gasteiger partial charge >= 0.3 is 5.97 Å². The van der Waals surface area contributed by atoms with Gasteiger partial charge in [-0.05, 0) is 54.0 Å². The van der Waals surface area contributed by atoms with Crippen LogP contribution in [0, 0.1) is 11.3 Å². The molecule has 1 heterocycles. The molecule has 1 aromatic heterocycles. The summed E-state index contributed by atoms with van der Waals surface area (Å²) in [5.74, 6) is -0.485. The molecule has 0 saturated carbocycles. The smallest absolute Gasteiger partial charge is 0.323 e. The maximum Gasteiger partial charge on any atom is 0.323 e. The molecule has 0 saturated heterocycles. The first kappa shape index (κ1) is 26.0. The van der Waals surface area contributed by atoms with E-state index in [2.05, 4.69) is 5.32 Å². The Labute approximate surface area is 220 Å². The summed E-state index contributed by atoms with van der Waals surface area (Å²) in [6, 6.07) is 29.1. The van der Waals surface area contributed by atoms with Crippen LogP contribution in [0.15, 0.2) is 107 Å². The molecule has 1 amide bonds. The molecular formula is C31H26N2O5. The van der Waals surface area contributed by atoms with Crippen LogP contribution in [0.4, 0.5) is 0 Å². The summed E-state index contributed by atoms with van der Waals surface area (Å²) in [6.07, 6.45) is 2.95. The fraction of sp³-hybridized carbons (Fsp3) is 0.129. The van der Waals surface area contributed by atoms with E-state index in [-0.39, 0.29) is 17.9 Å². The molecule has 7 nitrogen and oxygen atoms in total. The molecule has 7 heteroatoms. The summed E-state index contributed by atoms with van der Waals surface area (Å²) in [5, 5.41) is 12.2. The van der Waals surface area contributed by atoms with Crippen molar-refractivity contribution in [3.63, 3.8) is 0 Å². The van der Waals surface area contributed by atoms with E-state index in [1.807, 2.05) is 73.7 Å². The van der Waals surface area contributed by atoms with Gasteiger partial charge in [0.2, 0.25) is 0 Å². The van der Waals surface area contributed by atoms with Gasteiger partial charge in [0.25, 0.3) is 5.91 Å². The zero-order valence-electron chi connectivity index (χ0n) is 20.8. The van der Waals surface area contributed by atoms with Crippen LogP contribution in [-0.4, -0.2) is 18.5 Å². The summed E-state index contributed by atoms with van der Waals surface area (Å²) in [7, 11) is 0. The number of hydrogen-bond acceptors (Lipinski definition) is 6. The van der Waals surface area contributed by atoms with Crippen LogP contribution in [0.1, 0.15) is 35.3 Å². The predicted octanol–water partition coefficient (Wildman–Crippen LogP) is 5.64. The van der Waals surface area contributed by atoms with Gasteiger partial charge in [-0.3, -0.25) is 9.59 Å². The number of furan rings is 1. The first-order valence-electron chi connectivity index (χ1n) is 12.1. The van der Waals surface area contributed by atoms with Crippen molar-refractivity contribution in [3.05, 3.63) is 125 Å². The number of amides is 1.